The summed E-state index contributed by atoms with van der Waals surface area (Å²) < 4.78 is 19.0. The number of carbonyl (C=O) groups excluding carboxylic acids is 1. The van der Waals surface area contributed by atoms with E-state index in [-0.39, 0.29) is 18.3 Å². The predicted molar refractivity (Wildman–Crippen MR) is 116 cm³/mol. The van der Waals surface area contributed by atoms with E-state index in [0.717, 1.165) is 16.6 Å². The molecule has 0 unspecified atom stereocenters. The number of aromatic nitrogens is 1. The van der Waals surface area contributed by atoms with Gasteiger partial charge in [-0.2, -0.15) is 0 Å². The smallest absolute Gasteiger partial charge is 0.256 e. The number of halogens is 1. The Morgan fingerprint density at radius 3 is 2.73 bits per heavy atom. The van der Waals surface area contributed by atoms with Crippen molar-refractivity contribution in [3.63, 3.8) is 0 Å². The second-order valence-electron chi connectivity index (χ2n) is 6.94. The maximum absolute atomic E-state index is 13.3. The number of hydrogen-bond acceptors (Lipinski definition) is 4. The molecule has 0 aliphatic rings. The molecule has 0 atom stereocenters. The average molecular weight is 401 g/mol. The molecule has 0 bridgehead atoms. The topological polar surface area (TPSA) is 77.2 Å². The van der Waals surface area contributed by atoms with E-state index in [2.05, 4.69) is 10.3 Å². The average Bonchev–Trinajstić information content (AvgIpc) is 2.73. The van der Waals surface area contributed by atoms with Crippen molar-refractivity contribution in [2.45, 2.75) is 13.5 Å². The van der Waals surface area contributed by atoms with Gasteiger partial charge in [-0.25, -0.2) is 4.39 Å². The Kier molecular flexibility index (Phi) is 5.30. The number of hydrogen-bond donors (Lipinski definition) is 2. The molecule has 0 spiro atoms. The minimum absolute atomic E-state index is 0.140. The molecular weight excluding hydrogens is 381 g/mol. The molecule has 3 N–H and O–H groups in total. The minimum atomic E-state index is -0.376. The molecular formula is C24H20FN3O2. The van der Waals surface area contributed by atoms with Crippen LogP contribution in [0.1, 0.15) is 21.6 Å². The molecule has 6 heteroatoms. The van der Waals surface area contributed by atoms with Crippen LogP contribution in [0.3, 0.4) is 0 Å². The number of ether oxygens (including phenoxy) is 1. The van der Waals surface area contributed by atoms with Crippen LogP contribution in [0.15, 0.2) is 72.8 Å². The summed E-state index contributed by atoms with van der Waals surface area (Å²) >= 11 is 0. The largest absolute Gasteiger partial charge is 0.489 e. The highest BCUT2D eigenvalue weighted by Gasteiger charge is 2.13. The standard InChI is InChI=1S/C24H20FN3O2/c1-15-11-22(26)21-13-18(9-10-23(21)27-15)28-24(29)20-8-3-2-5-16(20)14-30-19-7-4-6-17(25)12-19/h2-13H,14H2,1H3,(H2,26,27)(H,28,29). The van der Waals surface area contributed by atoms with Crippen LogP contribution in [0.4, 0.5) is 15.8 Å². The van der Waals surface area contributed by atoms with Gasteiger partial charge < -0.3 is 15.8 Å². The molecule has 3 aromatic carbocycles. The molecule has 1 amide bonds. The van der Waals surface area contributed by atoms with Crippen LogP contribution in [0.25, 0.3) is 10.9 Å². The predicted octanol–water partition coefficient (Wildman–Crippen LogP) is 5.10. The zero-order valence-electron chi connectivity index (χ0n) is 16.4. The van der Waals surface area contributed by atoms with Gasteiger partial charge in [0.2, 0.25) is 0 Å². The van der Waals surface area contributed by atoms with E-state index in [4.69, 9.17) is 10.5 Å². The maximum Gasteiger partial charge on any atom is 0.256 e. The van der Waals surface area contributed by atoms with Gasteiger partial charge in [0.15, 0.2) is 0 Å². The van der Waals surface area contributed by atoms with Gasteiger partial charge in [-0.1, -0.05) is 24.3 Å². The third-order valence-electron chi connectivity index (χ3n) is 4.68. The molecule has 1 heterocycles. The second-order valence-corrected chi connectivity index (χ2v) is 6.94. The molecule has 4 rings (SSSR count). The molecule has 0 saturated carbocycles. The summed E-state index contributed by atoms with van der Waals surface area (Å²) in [6, 6.07) is 20.3. The van der Waals surface area contributed by atoms with Crippen molar-refractivity contribution in [3.8, 4) is 5.75 Å². The van der Waals surface area contributed by atoms with Crippen molar-refractivity contribution < 1.29 is 13.9 Å². The monoisotopic (exact) mass is 401 g/mol. The first-order chi connectivity index (χ1) is 14.5. The third-order valence-corrected chi connectivity index (χ3v) is 4.68. The van der Waals surface area contributed by atoms with Crippen LogP contribution in [0, 0.1) is 12.7 Å². The molecule has 5 nitrogen and oxygen atoms in total. The summed E-state index contributed by atoms with van der Waals surface area (Å²) in [7, 11) is 0. The number of nitrogens with zero attached hydrogens (tertiary/aromatic N) is 1. The summed E-state index contributed by atoms with van der Waals surface area (Å²) in [6.45, 7) is 2.02. The fourth-order valence-electron chi connectivity index (χ4n) is 3.25. The summed E-state index contributed by atoms with van der Waals surface area (Å²) in [5.74, 6) is -0.247. The highest BCUT2D eigenvalue weighted by molar-refractivity contribution is 6.06. The van der Waals surface area contributed by atoms with Gasteiger partial charge in [-0.15, -0.1) is 0 Å². The van der Waals surface area contributed by atoms with Gasteiger partial charge in [-0.05, 0) is 49.4 Å². The lowest BCUT2D eigenvalue weighted by Gasteiger charge is -2.12. The number of nitrogens with one attached hydrogen (secondary N) is 1. The highest BCUT2D eigenvalue weighted by Crippen LogP contribution is 2.25. The number of pyridine rings is 1. The summed E-state index contributed by atoms with van der Waals surface area (Å²) in [6.07, 6.45) is 0. The van der Waals surface area contributed by atoms with Gasteiger partial charge in [0.25, 0.3) is 5.91 Å². The van der Waals surface area contributed by atoms with E-state index >= 15 is 0 Å². The van der Waals surface area contributed by atoms with E-state index in [9.17, 15) is 9.18 Å². The van der Waals surface area contributed by atoms with Crippen molar-refractivity contribution >= 4 is 28.2 Å². The Morgan fingerprint density at radius 1 is 1.07 bits per heavy atom. The summed E-state index contributed by atoms with van der Waals surface area (Å²) in [5.41, 5.74) is 10.1. The number of amides is 1. The van der Waals surface area contributed by atoms with Gasteiger partial charge in [0.05, 0.1) is 5.52 Å². The van der Waals surface area contributed by atoms with Crippen molar-refractivity contribution in [3.05, 3.63) is 95.4 Å². The molecule has 0 saturated heterocycles. The fraction of sp³-hybridized carbons (Fsp3) is 0.0833. The summed E-state index contributed by atoms with van der Waals surface area (Å²) in [5, 5.41) is 3.68. The van der Waals surface area contributed by atoms with Crippen LogP contribution >= 0.6 is 0 Å². The Bertz CT molecular complexity index is 1240. The summed E-state index contributed by atoms with van der Waals surface area (Å²) in [4.78, 5) is 17.4. The molecule has 30 heavy (non-hydrogen) atoms. The number of aryl methyl sites for hydroxylation is 1. The lowest BCUT2D eigenvalue weighted by atomic mass is 10.1. The first-order valence-electron chi connectivity index (χ1n) is 9.44. The Morgan fingerprint density at radius 2 is 1.90 bits per heavy atom. The molecule has 0 aliphatic heterocycles. The minimum Gasteiger partial charge on any atom is -0.489 e. The molecule has 1 aromatic heterocycles. The Hall–Kier alpha value is -3.93. The normalized spacial score (nSPS) is 10.7. The van der Waals surface area contributed by atoms with Crippen molar-refractivity contribution in [2.24, 2.45) is 0 Å². The van der Waals surface area contributed by atoms with Gasteiger partial charge >= 0.3 is 0 Å². The number of rotatable bonds is 5. The van der Waals surface area contributed by atoms with E-state index < -0.39 is 0 Å². The fourth-order valence-corrected chi connectivity index (χ4v) is 3.25. The van der Waals surface area contributed by atoms with Crippen LogP contribution in [-0.4, -0.2) is 10.9 Å². The number of anilines is 2. The van der Waals surface area contributed by atoms with E-state index in [1.807, 2.05) is 19.1 Å². The molecule has 0 radical (unpaired) electrons. The number of benzene rings is 3. The second kappa shape index (κ2) is 8.21. The lowest BCUT2D eigenvalue weighted by molar-refractivity contribution is 0.102. The van der Waals surface area contributed by atoms with Gasteiger partial charge in [0.1, 0.15) is 18.2 Å². The Labute approximate surface area is 173 Å². The van der Waals surface area contributed by atoms with E-state index in [1.54, 1.807) is 48.5 Å². The molecule has 0 fully saturated rings. The highest BCUT2D eigenvalue weighted by atomic mass is 19.1. The number of nitrogen functional groups attached to an aromatic ring is 1. The number of carbonyl (C=O) groups is 1. The number of nitrogens with two attached hydrogens (primary N) is 1. The van der Waals surface area contributed by atoms with E-state index in [0.29, 0.717) is 28.3 Å². The quantitative estimate of drug-likeness (QED) is 0.488. The Balaban J connectivity index is 1.54. The van der Waals surface area contributed by atoms with Crippen molar-refractivity contribution in [1.29, 1.82) is 0 Å². The van der Waals surface area contributed by atoms with Crippen LogP contribution in [0.2, 0.25) is 0 Å². The lowest BCUT2D eigenvalue weighted by Crippen LogP contribution is -2.15. The zero-order chi connectivity index (χ0) is 21.1. The maximum atomic E-state index is 13.3. The van der Waals surface area contributed by atoms with Crippen molar-refractivity contribution in [1.82, 2.24) is 4.98 Å². The van der Waals surface area contributed by atoms with Crippen molar-refractivity contribution in [2.75, 3.05) is 11.1 Å². The first kappa shape index (κ1) is 19.4. The zero-order valence-corrected chi connectivity index (χ0v) is 16.4. The first-order valence-corrected chi connectivity index (χ1v) is 9.44. The number of fused-ring (bicyclic) bond motifs is 1. The van der Waals surface area contributed by atoms with Crippen LogP contribution in [-0.2, 0) is 6.61 Å². The SMILES string of the molecule is Cc1cc(N)c2cc(NC(=O)c3ccccc3COc3cccc(F)c3)ccc2n1. The molecule has 150 valence electrons. The van der Waals surface area contributed by atoms with Gasteiger partial charge in [0, 0.05) is 39.6 Å². The molecule has 0 aliphatic carbocycles. The van der Waals surface area contributed by atoms with Gasteiger partial charge in [-0.3, -0.25) is 9.78 Å². The molecule has 4 aromatic rings. The van der Waals surface area contributed by atoms with Crippen LogP contribution < -0.4 is 15.8 Å². The third kappa shape index (κ3) is 4.22. The van der Waals surface area contributed by atoms with Crippen LogP contribution in [0.5, 0.6) is 5.75 Å². The van der Waals surface area contributed by atoms with E-state index in [1.165, 1.54) is 12.1 Å².